The van der Waals surface area contributed by atoms with E-state index in [4.69, 9.17) is 0 Å². The molecule has 4 rings (SSSR count). The number of hydrogen-bond donors (Lipinski definition) is 1. The van der Waals surface area contributed by atoms with Crippen molar-refractivity contribution in [1.29, 1.82) is 0 Å². The third-order valence-electron chi connectivity index (χ3n) is 5.82. The van der Waals surface area contributed by atoms with Gasteiger partial charge in [0.1, 0.15) is 16.4 Å². The van der Waals surface area contributed by atoms with Crippen molar-refractivity contribution in [1.82, 2.24) is 20.2 Å². The summed E-state index contributed by atoms with van der Waals surface area (Å²) >= 11 is 1.58. The Morgan fingerprint density at radius 3 is 2.52 bits per heavy atom. The van der Waals surface area contributed by atoms with Gasteiger partial charge in [0, 0.05) is 37.9 Å². The van der Waals surface area contributed by atoms with Gasteiger partial charge in [-0.3, -0.25) is 9.59 Å². The van der Waals surface area contributed by atoms with Gasteiger partial charge in [-0.25, -0.2) is 9.97 Å². The lowest BCUT2D eigenvalue weighted by atomic mass is 9.97. The smallest absolute Gasteiger partial charge is 0.251 e. The van der Waals surface area contributed by atoms with Crippen LogP contribution in [0.15, 0.2) is 48.7 Å². The second-order valence-corrected chi connectivity index (χ2v) is 8.80. The van der Waals surface area contributed by atoms with Crippen LogP contribution in [0.4, 0.5) is 5.13 Å². The SMILES string of the molecule is CCC(C)C(NC(=O)c1ccccc1)C(=O)N1CCN(c2nc3cccnc3s2)CC1. The Bertz CT molecular complexity index is 1010. The maximum atomic E-state index is 13.3. The first-order valence-corrected chi connectivity index (χ1v) is 11.5. The van der Waals surface area contributed by atoms with E-state index in [-0.39, 0.29) is 17.7 Å². The Labute approximate surface area is 186 Å². The minimum absolute atomic E-state index is 0.00996. The Hall–Kier alpha value is -3.00. The molecule has 0 aliphatic carbocycles. The topological polar surface area (TPSA) is 78.4 Å². The molecule has 0 saturated carbocycles. The standard InChI is InChI=1S/C23H27N5O2S/c1-3-16(2)19(26-20(29)17-8-5-4-6-9-17)22(30)27-12-14-28(15-13-27)23-25-18-10-7-11-24-21(18)31-23/h4-11,16,19H,3,12-15H2,1-2H3,(H,26,29). The van der Waals surface area contributed by atoms with Crippen LogP contribution in [0.25, 0.3) is 10.3 Å². The summed E-state index contributed by atoms with van der Waals surface area (Å²) in [6.45, 7) is 6.69. The molecular weight excluding hydrogens is 410 g/mol. The molecule has 162 valence electrons. The van der Waals surface area contributed by atoms with E-state index in [1.807, 2.05) is 49.1 Å². The minimum atomic E-state index is -0.532. The molecule has 2 atom stereocenters. The lowest BCUT2D eigenvalue weighted by Crippen LogP contribution is -2.56. The molecule has 8 heteroatoms. The summed E-state index contributed by atoms with van der Waals surface area (Å²) in [5.41, 5.74) is 1.47. The first-order chi connectivity index (χ1) is 15.1. The molecule has 0 spiro atoms. The zero-order chi connectivity index (χ0) is 21.8. The molecule has 2 aromatic heterocycles. The first kappa shape index (κ1) is 21.2. The van der Waals surface area contributed by atoms with Gasteiger partial charge >= 0.3 is 0 Å². The van der Waals surface area contributed by atoms with Crippen LogP contribution in [-0.4, -0.2) is 58.9 Å². The number of benzene rings is 1. The number of carbonyl (C=O) groups is 2. The van der Waals surface area contributed by atoms with Crippen LogP contribution in [0.1, 0.15) is 30.6 Å². The van der Waals surface area contributed by atoms with Gasteiger partial charge in [0.15, 0.2) is 5.13 Å². The fourth-order valence-corrected chi connectivity index (χ4v) is 4.67. The fourth-order valence-electron chi connectivity index (χ4n) is 3.71. The zero-order valence-corrected chi connectivity index (χ0v) is 18.6. The largest absolute Gasteiger partial charge is 0.344 e. The molecule has 1 N–H and O–H groups in total. The summed E-state index contributed by atoms with van der Waals surface area (Å²) in [6, 6.07) is 12.4. The Morgan fingerprint density at radius 2 is 1.84 bits per heavy atom. The number of aromatic nitrogens is 2. The molecule has 1 fully saturated rings. The van der Waals surface area contributed by atoms with Gasteiger partial charge < -0.3 is 15.1 Å². The summed E-state index contributed by atoms with van der Waals surface area (Å²) in [7, 11) is 0. The van der Waals surface area contributed by atoms with Crippen LogP contribution in [0, 0.1) is 5.92 Å². The predicted octanol–water partition coefficient (Wildman–Crippen LogP) is 3.18. The number of piperazine rings is 1. The maximum absolute atomic E-state index is 13.3. The quantitative estimate of drug-likeness (QED) is 0.641. The molecule has 3 heterocycles. The summed E-state index contributed by atoms with van der Waals surface area (Å²) < 4.78 is 0. The number of pyridine rings is 1. The number of nitrogens with one attached hydrogen (secondary N) is 1. The van der Waals surface area contributed by atoms with Crippen molar-refractivity contribution in [3.8, 4) is 0 Å². The van der Waals surface area contributed by atoms with Gasteiger partial charge in [0.2, 0.25) is 5.91 Å². The van der Waals surface area contributed by atoms with Gasteiger partial charge in [0.05, 0.1) is 0 Å². The van der Waals surface area contributed by atoms with E-state index in [9.17, 15) is 9.59 Å². The third-order valence-corrected chi connectivity index (χ3v) is 6.86. The third kappa shape index (κ3) is 4.69. The first-order valence-electron chi connectivity index (χ1n) is 10.7. The summed E-state index contributed by atoms with van der Waals surface area (Å²) in [4.78, 5) is 40.0. The highest BCUT2D eigenvalue weighted by Crippen LogP contribution is 2.27. The van der Waals surface area contributed by atoms with Crippen LogP contribution in [0.3, 0.4) is 0 Å². The lowest BCUT2D eigenvalue weighted by Gasteiger charge is -2.37. The number of amides is 2. The zero-order valence-electron chi connectivity index (χ0n) is 17.8. The van der Waals surface area contributed by atoms with Crippen LogP contribution in [0.5, 0.6) is 0 Å². The number of rotatable bonds is 6. The summed E-state index contributed by atoms with van der Waals surface area (Å²) in [5.74, 6) is -0.169. The Morgan fingerprint density at radius 1 is 1.10 bits per heavy atom. The molecule has 7 nitrogen and oxygen atoms in total. The van der Waals surface area contributed by atoms with Gasteiger partial charge in [-0.05, 0) is 30.2 Å². The van der Waals surface area contributed by atoms with Crippen LogP contribution < -0.4 is 10.2 Å². The van der Waals surface area contributed by atoms with E-state index in [0.717, 1.165) is 21.9 Å². The molecule has 0 radical (unpaired) electrons. The highest BCUT2D eigenvalue weighted by Gasteiger charge is 2.32. The maximum Gasteiger partial charge on any atom is 0.251 e. The van der Waals surface area contributed by atoms with Gasteiger partial charge in [0.25, 0.3) is 5.91 Å². The predicted molar refractivity (Wildman–Crippen MR) is 123 cm³/mol. The van der Waals surface area contributed by atoms with Crippen molar-refractivity contribution in [2.75, 3.05) is 31.1 Å². The normalized spacial score (nSPS) is 16.2. The molecule has 2 amide bonds. The van der Waals surface area contributed by atoms with Crippen LogP contribution in [0.2, 0.25) is 0 Å². The molecule has 3 aromatic rings. The van der Waals surface area contributed by atoms with Crippen molar-refractivity contribution in [2.45, 2.75) is 26.3 Å². The molecule has 31 heavy (non-hydrogen) atoms. The molecule has 1 aliphatic rings. The number of fused-ring (bicyclic) bond motifs is 1. The number of anilines is 1. The van der Waals surface area contributed by atoms with E-state index in [0.29, 0.717) is 31.7 Å². The lowest BCUT2D eigenvalue weighted by molar-refractivity contribution is -0.134. The van der Waals surface area contributed by atoms with E-state index >= 15 is 0 Å². The van der Waals surface area contributed by atoms with Gasteiger partial charge in [-0.2, -0.15) is 0 Å². The van der Waals surface area contributed by atoms with E-state index < -0.39 is 6.04 Å². The highest BCUT2D eigenvalue weighted by molar-refractivity contribution is 7.21. The van der Waals surface area contributed by atoms with E-state index in [1.165, 1.54) is 0 Å². The molecule has 1 aliphatic heterocycles. The van der Waals surface area contributed by atoms with Crippen molar-refractivity contribution in [2.24, 2.45) is 5.92 Å². The van der Waals surface area contributed by atoms with Gasteiger partial charge in [-0.1, -0.05) is 49.8 Å². The molecular formula is C23H27N5O2S. The summed E-state index contributed by atoms with van der Waals surface area (Å²) in [5, 5.41) is 3.92. The second kappa shape index (κ2) is 9.43. The fraction of sp³-hybridized carbons (Fsp3) is 0.391. The van der Waals surface area contributed by atoms with Crippen molar-refractivity contribution >= 4 is 38.6 Å². The Kier molecular flexibility index (Phi) is 6.46. The molecule has 1 aromatic carbocycles. The van der Waals surface area contributed by atoms with Gasteiger partial charge in [-0.15, -0.1) is 0 Å². The highest BCUT2D eigenvalue weighted by atomic mass is 32.1. The number of carbonyl (C=O) groups excluding carboxylic acids is 2. The number of thiazole rings is 1. The van der Waals surface area contributed by atoms with Crippen molar-refractivity contribution < 1.29 is 9.59 Å². The molecule has 2 unspecified atom stereocenters. The van der Waals surface area contributed by atoms with Crippen LogP contribution in [-0.2, 0) is 4.79 Å². The molecule has 0 bridgehead atoms. The number of hydrogen-bond acceptors (Lipinski definition) is 6. The average Bonchev–Trinajstić information content (AvgIpc) is 3.26. The van der Waals surface area contributed by atoms with E-state index in [1.54, 1.807) is 29.7 Å². The van der Waals surface area contributed by atoms with Crippen molar-refractivity contribution in [3.05, 3.63) is 54.2 Å². The van der Waals surface area contributed by atoms with Crippen LogP contribution >= 0.6 is 11.3 Å². The van der Waals surface area contributed by atoms with E-state index in [2.05, 4.69) is 20.2 Å². The number of nitrogens with zero attached hydrogens (tertiary/aromatic N) is 4. The summed E-state index contributed by atoms with van der Waals surface area (Å²) in [6.07, 6.45) is 2.59. The second-order valence-electron chi connectivity index (χ2n) is 7.84. The Balaban J connectivity index is 1.41. The molecule has 1 saturated heterocycles. The van der Waals surface area contributed by atoms with Crippen molar-refractivity contribution in [3.63, 3.8) is 0 Å². The average molecular weight is 438 g/mol. The minimum Gasteiger partial charge on any atom is -0.344 e. The monoisotopic (exact) mass is 437 g/mol.